The van der Waals surface area contributed by atoms with Crippen molar-refractivity contribution in [1.82, 2.24) is 4.90 Å². The molecule has 0 aliphatic rings. The molecule has 0 aliphatic carbocycles. The van der Waals surface area contributed by atoms with Gasteiger partial charge in [0.05, 0.1) is 19.8 Å². The van der Waals surface area contributed by atoms with Crippen LogP contribution in [0.2, 0.25) is 0 Å². The summed E-state index contributed by atoms with van der Waals surface area (Å²) in [6.07, 6.45) is 0.875. The molecule has 0 saturated heterocycles. The van der Waals surface area contributed by atoms with E-state index in [1.165, 1.54) is 0 Å². The second-order valence-electron chi connectivity index (χ2n) is 2.74. The third-order valence-corrected chi connectivity index (χ3v) is 1.47. The molecule has 0 atom stereocenters. The summed E-state index contributed by atoms with van der Waals surface area (Å²) in [5.41, 5.74) is 0. The Morgan fingerprint density at radius 1 is 0.733 bits per heavy atom. The van der Waals surface area contributed by atoms with Crippen molar-refractivity contribution in [3.05, 3.63) is 0 Å². The van der Waals surface area contributed by atoms with Crippen LogP contribution in [0.1, 0.15) is 13.3 Å². The van der Waals surface area contributed by atoms with Crippen molar-refractivity contribution in [2.75, 3.05) is 46.1 Å². The van der Waals surface area contributed by atoms with Crippen LogP contribution in [-0.2, 0) is 21.7 Å². The molecule has 0 unspecified atom stereocenters. The standard InChI is InChI=1S/C6H15NO3.C3H8O.Ti/c8-4-1-7(2-5-9)3-6-10;1-2-3-4;/h8-10H,1-6H2;4H,2-3H2,1H3;. The molecular weight excluding hydrogens is 234 g/mol. The van der Waals surface area contributed by atoms with Gasteiger partial charge in [0.1, 0.15) is 0 Å². The van der Waals surface area contributed by atoms with Crippen LogP contribution in [0.4, 0.5) is 0 Å². The minimum absolute atomic E-state index is 0. The molecule has 0 saturated carbocycles. The van der Waals surface area contributed by atoms with Crippen molar-refractivity contribution in [1.29, 1.82) is 0 Å². The Balaban J connectivity index is -0.000000249. The van der Waals surface area contributed by atoms with Gasteiger partial charge in [0.25, 0.3) is 0 Å². The van der Waals surface area contributed by atoms with Gasteiger partial charge >= 0.3 is 0 Å². The number of aliphatic hydroxyl groups excluding tert-OH is 4. The van der Waals surface area contributed by atoms with Gasteiger partial charge in [0.2, 0.25) is 0 Å². The Labute approximate surface area is 107 Å². The van der Waals surface area contributed by atoms with Gasteiger partial charge < -0.3 is 20.4 Å². The van der Waals surface area contributed by atoms with Crippen molar-refractivity contribution < 1.29 is 42.1 Å². The van der Waals surface area contributed by atoms with Gasteiger partial charge in [-0.05, 0) is 6.42 Å². The summed E-state index contributed by atoms with van der Waals surface area (Å²) in [4.78, 5) is 1.79. The monoisotopic (exact) mass is 257 g/mol. The van der Waals surface area contributed by atoms with Crippen LogP contribution < -0.4 is 0 Å². The maximum absolute atomic E-state index is 8.48. The molecule has 0 radical (unpaired) electrons. The fraction of sp³-hybridized carbons (Fsp3) is 1.00. The van der Waals surface area contributed by atoms with Gasteiger partial charge in [0.15, 0.2) is 0 Å². The topological polar surface area (TPSA) is 84.2 Å². The normalized spacial score (nSPS) is 9.20. The second-order valence-corrected chi connectivity index (χ2v) is 2.74. The maximum atomic E-state index is 8.48. The van der Waals surface area contributed by atoms with Crippen LogP contribution in [0.5, 0.6) is 0 Å². The molecule has 15 heavy (non-hydrogen) atoms. The van der Waals surface area contributed by atoms with Gasteiger partial charge in [-0.1, -0.05) is 6.92 Å². The molecule has 0 aromatic rings. The first-order chi connectivity index (χ1) is 6.76. The number of hydrogen-bond donors (Lipinski definition) is 4. The Bertz CT molecular complexity index is 81.9. The largest absolute Gasteiger partial charge is 0.396 e. The molecule has 5 nitrogen and oxygen atoms in total. The average Bonchev–Trinajstić information content (AvgIpc) is 2.20. The van der Waals surface area contributed by atoms with Gasteiger partial charge in [-0.2, -0.15) is 0 Å². The molecule has 0 aromatic heterocycles. The van der Waals surface area contributed by atoms with Crippen LogP contribution in [0, 0.1) is 0 Å². The predicted octanol–water partition coefficient (Wildman–Crippen LogP) is -1.35. The van der Waals surface area contributed by atoms with E-state index in [-0.39, 0.29) is 41.5 Å². The van der Waals surface area contributed by atoms with Crippen LogP contribution >= 0.6 is 0 Å². The zero-order valence-corrected chi connectivity index (χ0v) is 11.0. The molecule has 92 valence electrons. The van der Waals surface area contributed by atoms with E-state index in [9.17, 15) is 0 Å². The average molecular weight is 257 g/mol. The quantitative estimate of drug-likeness (QED) is 0.424. The summed E-state index contributed by atoms with van der Waals surface area (Å²) in [7, 11) is 0. The van der Waals surface area contributed by atoms with Crippen LogP contribution in [0.25, 0.3) is 0 Å². The van der Waals surface area contributed by atoms with E-state index in [2.05, 4.69) is 0 Å². The molecule has 0 spiro atoms. The van der Waals surface area contributed by atoms with Crippen LogP contribution in [0.3, 0.4) is 0 Å². The molecule has 0 fully saturated rings. The zero-order chi connectivity index (χ0) is 11.2. The SMILES string of the molecule is CCCO.OCCN(CCO)CCO.[Ti]. The van der Waals surface area contributed by atoms with Crippen molar-refractivity contribution in [3.8, 4) is 0 Å². The summed E-state index contributed by atoms with van der Waals surface area (Å²) in [6, 6.07) is 0. The summed E-state index contributed by atoms with van der Waals surface area (Å²) in [5.74, 6) is 0. The third-order valence-electron chi connectivity index (χ3n) is 1.47. The van der Waals surface area contributed by atoms with E-state index in [1.54, 1.807) is 4.90 Å². The van der Waals surface area contributed by atoms with Crippen molar-refractivity contribution in [2.45, 2.75) is 13.3 Å². The fourth-order valence-corrected chi connectivity index (χ4v) is 0.760. The molecule has 0 bridgehead atoms. The van der Waals surface area contributed by atoms with Crippen molar-refractivity contribution in [2.24, 2.45) is 0 Å². The van der Waals surface area contributed by atoms with Crippen LogP contribution in [-0.4, -0.2) is 71.4 Å². The predicted molar refractivity (Wildman–Crippen MR) is 55.1 cm³/mol. The molecule has 0 aliphatic heterocycles. The Morgan fingerprint density at radius 3 is 1.13 bits per heavy atom. The Hall–Kier alpha value is 0.514. The molecule has 0 heterocycles. The molecule has 0 amide bonds. The number of hydrogen-bond acceptors (Lipinski definition) is 5. The first-order valence-corrected chi connectivity index (χ1v) is 4.92. The molecule has 0 aromatic carbocycles. The smallest absolute Gasteiger partial charge is 0.0558 e. The summed E-state index contributed by atoms with van der Waals surface area (Å²) in [6.45, 7) is 4.00. The first-order valence-electron chi connectivity index (χ1n) is 4.92. The first kappa shape index (κ1) is 20.9. The minimum Gasteiger partial charge on any atom is -0.396 e. The minimum atomic E-state index is 0. The summed E-state index contributed by atoms with van der Waals surface area (Å²) < 4.78 is 0. The number of aliphatic hydroxyl groups is 4. The van der Waals surface area contributed by atoms with E-state index in [0.29, 0.717) is 26.2 Å². The Morgan fingerprint density at radius 2 is 1.00 bits per heavy atom. The van der Waals surface area contributed by atoms with E-state index in [4.69, 9.17) is 20.4 Å². The van der Waals surface area contributed by atoms with E-state index < -0.39 is 0 Å². The maximum Gasteiger partial charge on any atom is 0.0558 e. The number of rotatable bonds is 7. The summed E-state index contributed by atoms with van der Waals surface area (Å²) >= 11 is 0. The third kappa shape index (κ3) is 20.6. The summed E-state index contributed by atoms with van der Waals surface area (Å²) in [5, 5.41) is 33.3. The van der Waals surface area contributed by atoms with E-state index >= 15 is 0 Å². The number of nitrogens with zero attached hydrogens (tertiary/aromatic N) is 1. The fourth-order valence-electron chi connectivity index (χ4n) is 0.760. The van der Waals surface area contributed by atoms with Gasteiger partial charge in [-0.25, -0.2) is 0 Å². The molecule has 0 rings (SSSR count). The molecule has 6 heteroatoms. The molecular formula is C9H23NO4Ti. The van der Waals surface area contributed by atoms with E-state index in [0.717, 1.165) is 6.42 Å². The van der Waals surface area contributed by atoms with E-state index in [1.807, 2.05) is 6.92 Å². The second kappa shape index (κ2) is 20.0. The van der Waals surface area contributed by atoms with Gasteiger partial charge in [0, 0.05) is 48.0 Å². The van der Waals surface area contributed by atoms with Gasteiger partial charge in [-0.3, -0.25) is 4.90 Å². The van der Waals surface area contributed by atoms with Gasteiger partial charge in [-0.15, -0.1) is 0 Å². The van der Waals surface area contributed by atoms with Crippen molar-refractivity contribution in [3.63, 3.8) is 0 Å². The van der Waals surface area contributed by atoms with Crippen LogP contribution in [0.15, 0.2) is 0 Å². The Kier molecular flexibility index (Phi) is 27.8. The zero-order valence-electron chi connectivity index (χ0n) is 9.39. The van der Waals surface area contributed by atoms with Crippen molar-refractivity contribution >= 4 is 0 Å². The molecule has 4 N–H and O–H groups in total.